The highest BCUT2D eigenvalue weighted by molar-refractivity contribution is 4.88. The second-order valence-corrected chi connectivity index (χ2v) is 5.47. The van der Waals surface area contributed by atoms with Gasteiger partial charge in [0.1, 0.15) is 24.4 Å². The highest BCUT2D eigenvalue weighted by atomic mass is 16.7. The maximum Gasteiger partial charge on any atom is 0.186 e. The minimum absolute atomic E-state index is 0.386. The third-order valence-electron chi connectivity index (χ3n) is 3.74. The molecule has 20 heavy (non-hydrogen) atoms. The lowest BCUT2D eigenvalue weighted by Crippen LogP contribution is -2.59. The Hall–Kier alpha value is -0.240. The van der Waals surface area contributed by atoms with E-state index in [0.717, 1.165) is 25.7 Å². The summed E-state index contributed by atoms with van der Waals surface area (Å²) in [6.07, 6.45) is -1.76. The van der Waals surface area contributed by atoms with Crippen LogP contribution in [0.5, 0.6) is 0 Å². The maximum atomic E-state index is 9.85. The van der Waals surface area contributed by atoms with E-state index in [1.807, 2.05) is 0 Å². The molecule has 1 aliphatic rings. The maximum absolute atomic E-state index is 9.85. The highest BCUT2D eigenvalue weighted by Crippen LogP contribution is 2.23. The van der Waals surface area contributed by atoms with Crippen LogP contribution in [0.1, 0.15) is 39.5 Å². The molecule has 6 heteroatoms. The lowest BCUT2D eigenvalue weighted by Gasteiger charge is -2.40. The average molecular weight is 292 g/mol. The van der Waals surface area contributed by atoms with Gasteiger partial charge in [-0.1, -0.05) is 26.7 Å². The topological polar surface area (TPSA) is 99.4 Å². The first-order valence-electron chi connectivity index (χ1n) is 7.47. The molecule has 6 nitrogen and oxygen atoms in total. The molecule has 0 aromatic heterocycles. The van der Waals surface area contributed by atoms with Gasteiger partial charge in [0.05, 0.1) is 13.2 Å². The van der Waals surface area contributed by atoms with E-state index in [0.29, 0.717) is 12.5 Å². The van der Waals surface area contributed by atoms with E-state index in [1.54, 1.807) is 0 Å². The van der Waals surface area contributed by atoms with Crippen molar-refractivity contribution in [2.75, 3.05) is 13.2 Å². The molecule has 0 aliphatic carbocycles. The molecule has 120 valence electrons. The first-order valence-corrected chi connectivity index (χ1v) is 7.47. The van der Waals surface area contributed by atoms with Crippen LogP contribution in [0.25, 0.3) is 0 Å². The summed E-state index contributed by atoms with van der Waals surface area (Å²) < 4.78 is 10.9. The fourth-order valence-corrected chi connectivity index (χ4v) is 2.56. The Kier molecular flexibility index (Phi) is 7.94. The van der Waals surface area contributed by atoms with E-state index < -0.39 is 37.3 Å². The van der Waals surface area contributed by atoms with Gasteiger partial charge in [-0.2, -0.15) is 0 Å². The van der Waals surface area contributed by atoms with Gasteiger partial charge in [0.2, 0.25) is 0 Å². The molecule has 0 aromatic carbocycles. The summed E-state index contributed by atoms with van der Waals surface area (Å²) in [6.45, 7) is 4.22. The molecule has 4 N–H and O–H groups in total. The molecule has 0 saturated carbocycles. The van der Waals surface area contributed by atoms with Crippen molar-refractivity contribution in [2.24, 2.45) is 5.92 Å². The summed E-state index contributed by atoms with van der Waals surface area (Å²) in [6, 6.07) is 0. The molecule has 1 heterocycles. The number of aliphatic hydroxyl groups excluding tert-OH is 4. The summed E-state index contributed by atoms with van der Waals surface area (Å²) >= 11 is 0. The normalized spacial score (nSPS) is 34.6. The minimum Gasteiger partial charge on any atom is -0.394 e. The van der Waals surface area contributed by atoms with Crippen LogP contribution in [0.3, 0.4) is 0 Å². The van der Waals surface area contributed by atoms with Crippen molar-refractivity contribution in [1.82, 2.24) is 0 Å². The van der Waals surface area contributed by atoms with Gasteiger partial charge in [-0.15, -0.1) is 0 Å². The van der Waals surface area contributed by atoms with E-state index >= 15 is 0 Å². The summed E-state index contributed by atoms with van der Waals surface area (Å²) in [7, 11) is 0. The molecule has 1 aliphatic heterocycles. The van der Waals surface area contributed by atoms with Crippen LogP contribution in [0, 0.1) is 5.92 Å². The van der Waals surface area contributed by atoms with Gasteiger partial charge in [0.15, 0.2) is 6.29 Å². The number of hydrogen-bond acceptors (Lipinski definition) is 6. The number of ether oxygens (including phenoxy) is 2. The first kappa shape index (κ1) is 17.8. The standard InChI is InChI=1S/C14H28O6/c1-3-5-9(6-4-2)8-19-14-13(18)12(17)11(16)10(7-15)20-14/h9-18H,3-8H2,1-2H3/t10-,11+,12+,13-,14-/m1/s1. The largest absolute Gasteiger partial charge is 0.394 e. The van der Waals surface area contributed by atoms with E-state index in [-0.39, 0.29) is 0 Å². The smallest absolute Gasteiger partial charge is 0.186 e. The summed E-state index contributed by atoms with van der Waals surface area (Å²) in [5, 5.41) is 38.3. The van der Waals surface area contributed by atoms with E-state index in [1.165, 1.54) is 0 Å². The predicted octanol–water partition coefficient (Wildman–Crippen LogP) is 0.0193. The predicted molar refractivity (Wildman–Crippen MR) is 73.0 cm³/mol. The zero-order valence-electron chi connectivity index (χ0n) is 12.3. The Morgan fingerprint density at radius 3 is 2.10 bits per heavy atom. The molecular formula is C14H28O6. The van der Waals surface area contributed by atoms with Gasteiger partial charge in [-0.3, -0.25) is 0 Å². The van der Waals surface area contributed by atoms with Crippen LogP contribution in [0.2, 0.25) is 0 Å². The third-order valence-corrected chi connectivity index (χ3v) is 3.74. The number of rotatable bonds is 8. The molecule has 0 unspecified atom stereocenters. The molecule has 1 saturated heterocycles. The van der Waals surface area contributed by atoms with E-state index in [9.17, 15) is 15.3 Å². The fraction of sp³-hybridized carbons (Fsp3) is 1.00. The minimum atomic E-state index is -1.37. The van der Waals surface area contributed by atoms with Crippen LogP contribution in [-0.4, -0.2) is 64.3 Å². The Morgan fingerprint density at radius 2 is 1.60 bits per heavy atom. The molecule has 0 amide bonds. The summed E-state index contributed by atoms with van der Waals surface area (Å²) in [4.78, 5) is 0. The van der Waals surface area contributed by atoms with E-state index in [2.05, 4.69) is 13.8 Å². The quantitative estimate of drug-likeness (QED) is 0.503. The summed E-state index contributed by atoms with van der Waals surface area (Å²) in [5.41, 5.74) is 0. The Bertz CT molecular complexity index is 254. The Labute approximate surface area is 120 Å². The lowest BCUT2D eigenvalue weighted by atomic mass is 9.98. The Morgan fingerprint density at radius 1 is 1.00 bits per heavy atom. The van der Waals surface area contributed by atoms with Crippen molar-refractivity contribution in [3.05, 3.63) is 0 Å². The summed E-state index contributed by atoms with van der Waals surface area (Å²) in [5.74, 6) is 0.386. The molecule has 0 bridgehead atoms. The fourth-order valence-electron chi connectivity index (χ4n) is 2.56. The van der Waals surface area contributed by atoms with Crippen molar-refractivity contribution in [2.45, 2.75) is 70.2 Å². The second kappa shape index (κ2) is 8.92. The molecule has 0 radical (unpaired) electrons. The van der Waals surface area contributed by atoms with Crippen molar-refractivity contribution >= 4 is 0 Å². The van der Waals surface area contributed by atoms with Crippen molar-refractivity contribution < 1.29 is 29.9 Å². The zero-order chi connectivity index (χ0) is 15.1. The van der Waals surface area contributed by atoms with Gasteiger partial charge >= 0.3 is 0 Å². The van der Waals surface area contributed by atoms with Gasteiger partial charge in [0.25, 0.3) is 0 Å². The van der Waals surface area contributed by atoms with Crippen LogP contribution < -0.4 is 0 Å². The second-order valence-electron chi connectivity index (χ2n) is 5.47. The van der Waals surface area contributed by atoms with Gasteiger partial charge < -0.3 is 29.9 Å². The van der Waals surface area contributed by atoms with Gasteiger partial charge in [-0.05, 0) is 18.8 Å². The average Bonchev–Trinajstić information content (AvgIpc) is 2.44. The van der Waals surface area contributed by atoms with Crippen LogP contribution in [-0.2, 0) is 9.47 Å². The third kappa shape index (κ3) is 4.65. The lowest BCUT2D eigenvalue weighted by molar-refractivity contribution is -0.303. The SMILES string of the molecule is CCCC(CCC)CO[C@@H]1O[C@H](CO)[C@H](O)[C@H](O)[C@H]1O. The zero-order valence-corrected chi connectivity index (χ0v) is 12.3. The molecule has 5 atom stereocenters. The Balaban J connectivity index is 2.52. The van der Waals surface area contributed by atoms with Crippen molar-refractivity contribution in [3.63, 3.8) is 0 Å². The van der Waals surface area contributed by atoms with Crippen molar-refractivity contribution in [1.29, 1.82) is 0 Å². The molecule has 1 rings (SSSR count). The van der Waals surface area contributed by atoms with Crippen LogP contribution in [0.4, 0.5) is 0 Å². The molecule has 0 spiro atoms. The van der Waals surface area contributed by atoms with Gasteiger partial charge in [-0.25, -0.2) is 0 Å². The van der Waals surface area contributed by atoms with Crippen LogP contribution in [0.15, 0.2) is 0 Å². The van der Waals surface area contributed by atoms with Crippen LogP contribution >= 0.6 is 0 Å². The molecule has 1 fully saturated rings. The van der Waals surface area contributed by atoms with Gasteiger partial charge in [0, 0.05) is 0 Å². The number of hydrogen-bond donors (Lipinski definition) is 4. The number of aliphatic hydroxyl groups is 4. The molecule has 0 aromatic rings. The van der Waals surface area contributed by atoms with E-state index in [4.69, 9.17) is 14.6 Å². The molecular weight excluding hydrogens is 264 g/mol. The first-order chi connectivity index (χ1) is 9.54. The highest BCUT2D eigenvalue weighted by Gasteiger charge is 2.44. The van der Waals surface area contributed by atoms with Crippen molar-refractivity contribution in [3.8, 4) is 0 Å². The monoisotopic (exact) mass is 292 g/mol.